The molecule has 0 bridgehead atoms. The van der Waals surface area contributed by atoms with Gasteiger partial charge in [-0.2, -0.15) is 0 Å². The van der Waals surface area contributed by atoms with E-state index < -0.39 is 0 Å². The summed E-state index contributed by atoms with van der Waals surface area (Å²) in [5.41, 5.74) is 3.29. The van der Waals surface area contributed by atoms with E-state index in [0.29, 0.717) is 0 Å². The fourth-order valence-corrected chi connectivity index (χ4v) is 1.87. The Morgan fingerprint density at radius 2 is 1.67 bits per heavy atom. The molecule has 3 heteroatoms. The monoisotopic (exact) mass is 241 g/mol. The summed E-state index contributed by atoms with van der Waals surface area (Å²) in [6.45, 7) is 4.95. The SMILES string of the molecule is Cc1cccc(CCCNc2cccc(C)n2)n1. The minimum atomic E-state index is 0.923. The molecule has 0 atom stereocenters. The number of hydrogen-bond donors (Lipinski definition) is 1. The Labute approximate surface area is 108 Å². The van der Waals surface area contributed by atoms with Crippen molar-refractivity contribution in [2.24, 2.45) is 0 Å². The zero-order valence-electron chi connectivity index (χ0n) is 11.0. The summed E-state index contributed by atoms with van der Waals surface area (Å²) >= 11 is 0. The number of aromatic nitrogens is 2. The van der Waals surface area contributed by atoms with Crippen molar-refractivity contribution >= 4 is 5.82 Å². The van der Waals surface area contributed by atoms with Crippen molar-refractivity contribution in [3.8, 4) is 0 Å². The zero-order chi connectivity index (χ0) is 12.8. The van der Waals surface area contributed by atoms with Crippen LogP contribution >= 0.6 is 0 Å². The number of nitrogens with zero attached hydrogens (tertiary/aromatic N) is 2. The summed E-state index contributed by atoms with van der Waals surface area (Å²) in [6, 6.07) is 12.2. The lowest BCUT2D eigenvalue weighted by molar-refractivity contribution is 0.827. The highest BCUT2D eigenvalue weighted by molar-refractivity contribution is 5.34. The van der Waals surface area contributed by atoms with E-state index in [-0.39, 0.29) is 0 Å². The molecule has 2 rings (SSSR count). The highest BCUT2D eigenvalue weighted by Crippen LogP contribution is 2.05. The minimum Gasteiger partial charge on any atom is -0.370 e. The zero-order valence-corrected chi connectivity index (χ0v) is 11.0. The first-order chi connectivity index (χ1) is 8.74. The van der Waals surface area contributed by atoms with Crippen LogP contribution in [-0.2, 0) is 6.42 Å². The Morgan fingerprint density at radius 3 is 2.39 bits per heavy atom. The maximum Gasteiger partial charge on any atom is 0.126 e. The van der Waals surface area contributed by atoms with E-state index in [1.54, 1.807) is 0 Å². The van der Waals surface area contributed by atoms with Crippen LogP contribution in [0.25, 0.3) is 0 Å². The summed E-state index contributed by atoms with van der Waals surface area (Å²) in [7, 11) is 0. The largest absolute Gasteiger partial charge is 0.370 e. The van der Waals surface area contributed by atoms with Gasteiger partial charge < -0.3 is 5.32 Å². The molecule has 0 saturated heterocycles. The van der Waals surface area contributed by atoms with Gasteiger partial charge in [-0.05, 0) is 51.0 Å². The average molecular weight is 241 g/mol. The van der Waals surface area contributed by atoms with Gasteiger partial charge in [-0.3, -0.25) is 4.98 Å². The van der Waals surface area contributed by atoms with Gasteiger partial charge in [-0.15, -0.1) is 0 Å². The fourth-order valence-electron chi connectivity index (χ4n) is 1.87. The minimum absolute atomic E-state index is 0.923. The molecular weight excluding hydrogens is 222 g/mol. The summed E-state index contributed by atoms with van der Waals surface area (Å²) in [6.07, 6.45) is 2.06. The molecule has 0 saturated carbocycles. The predicted molar refractivity (Wildman–Crippen MR) is 74.8 cm³/mol. The van der Waals surface area contributed by atoms with Crippen molar-refractivity contribution in [1.29, 1.82) is 0 Å². The molecule has 2 aromatic heterocycles. The molecule has 0 fully saturated rings. The third-order valence-corrected chi connectivity index (χ3v) is 2.75. The molecule has 2 heterocycles. The van der Waals surface area contributed by atoms with Gasteiger partial charge in [0, 0.05) is 23.6 Å². The van der Waals surface area contributed by atoms with Crippen molar-refractivity contribution in [2.45, 2.75) is 26.7 Å². The van der Waals surface area contributed by atoms with Gasteiger partial charge >= 0.3 is 0 Å². The molecule has 1 N–H and O–H groups in total. The van der Waals surface area contributed by atoms with Crippen molar-refractivity contribution in [3.63, 3.8) is 0 Å². The van der Waals surface area contributed by atoms with Crippen molar-refractivity contribution in [1.82, 2.24) is 9.97 Å². The second-order valence-corrected chi connectivity index (χ2v) is 4.46. The summed E-state index contributed by atoms with van der Waals surface area (Å²) in [5, 5.41) is 3.33. The Kier molecular flexibility index (Phi) is 4.29. The Hall–Kier alpha value is -1.90. The summed E-state index contributed by atoms with van der Waals surface area (Å²) < 4.78 is 0. The van der Waals surface area contributed by atoms with Crippen LogP contribution in [0, 0.1) is 13.8 Å². The van der Waals surface area contributed by atoms with Gasteiger partial charge in [-0.25, -0.2) is 4.98 Å². The maximum absolute atomic E-state index is 4.49. The van der Waals surface area contributed by atoms with E-state index in [9.17, 15) is 0 Å². The summed E-state index contributed by atoms with van der Waals surface area (Å²) in [4.78, 5) is 8.89. The second kappa shape index (κ2) is 6.15. The van der Waals surface area contributed by atoms with Crippen LogP contribution in [0.1, 0.15) is 23.5 Å². The lowest BCUT2D eigenvalue weighted by Gasteiger charge is -2.06. The molecular formula is C15H19N3. The second-order valence-electron chi connectivity index (χ2n) is 4.46. The lowest BCUT2D eigenvalue weighted by Crippen LogP contribution is -2.05. The molecule has 0 aliphatic heterocycles. The first-order valence-electron chi connectivity index (χ1n) is 6.34. The molecule has 18 heavy (non-hydrogen) atoms. The molecule has 94 valence electrons. The molecule has 0 amide bonds. The van der Waals surface area contributed by atoms with Crippen LogP contribution < -0.4 is 5.32 Å². The van der Waals surface area contributed by atoms with Crippen molar-refractivity contribution < 1.29 is 0 Å². The van der Waals surface area contributed by atoms with Gasteiger partial charge in [0.1, 0.15) is 5.82 Å². The maximum atomic E-state index is 4.49. The Bertz CT molecular complexity index is 461. The lowest BCUT2D eigenvalue weighted by atomic mass is 10.2. The van der Waals surface area contributed by atoms with E-state index in [2.05, 4.69) is 27.4 Å². The molecule has 0 unspecified atom stereocenters. The summed E-state index contributed by atoms with van der Waals surface area (Å²) in [5.74, 6) is 0.951. The fraction of sp³-hybridized carbons (Fsp3) is 0.333. The first-order valence-corrected chi connectivity index (χ1v) is 6.34. The van der Waals surface area contributed by atoms with Gasteiger partial charge in [0.05, 0.1) is 0 Å². The molecule has 3 nitrogen and oxygen atoms in total. The average Bonchev–Trinajstić information content (AvgIpc) is 2.35. The predicted octanol–water partition coefficient (Wildman–Crippen LogP) is 3.14. The molecule has 0 aliphatic rings. The molecule has 0 radical (unpaired) electrons. The van der Waals surface area contributed by atoms with E-state index in [1.165, 1.54) is 0 Å². The van der Waals surface area contributed by atoms with E-state index >= 15 is 0 Å². The molecule has 0 aliphatic carbocycles. The number of nitrogens with one attached hydrogen (secondary N) is 1. The van der Waals surface area contributed by atoms with Crippen LogP contribution in [0.3, 0.4) is 0 Å². The Balaban J connectivity index is 1.76. The van der Waals surface area contributed by atoms with E-state index in [4.69, 9.17) is 0 Å². The number of hydrogen-bond acceptors (Lipinski definition) is 3. The third-order valence-electron chi connectivity index (χ3n) is 2.75. The van der Waals surface area contributed by atoms with Gasteiger partial charge in [0.25, 0.3) is 0 Å². The van der Waals surface area contributed by atoms with Gasteiger partial charge in [0.2, 0.25) is 0 Å². The number of rotatable bonds is 5. The molecule has 0 aromatic carbocycles. The van der Waals surface area contributed by atoms with Crippen LogP contribution in [0.4, 0.5) is 5.82 Å². The smallest absolute Gasteiger partial charge is 0.126 e. The Morgan fingerprint density at radius 1 is 0.944 bits per heavy atom. The number of anilines is 1. The standard InChI is InChI=1S/C15H19N3/c1-12-6-3-8-14(17-12)9-5-11-16-15-10-4-7-13(2)18-15/h3-4,6-8,10H,5,9,11H2,1-2H3,(H,16,18). The van der Waals surface area contributed by atoms with Crippen LogP contribution in [0.5, 0.6) is 0 Å². The highest BCUT2D eigenvalue weighted by Gasteiger charge is 1.96. The number of aryl methyl sites for hydroxylation is 3. The quantitative estimate of drug-likeness (QED) is 0.817. The number of pyridine rings is 2. The van der Waals surface area contributed by atoms with Crippen LogP contribution in [-0.4, -0.2) is 16.5 Å². The van der Waals surface area contributed by atoms with Crippen molar-refractivity contribution in [2.75, 3.05) is 11.9 Å². The first kappa shape index (κ1) is 12.6. The van der Waals surface area contributed by atoms with Gasteiger partial charge in [-0.1, -0.05) is 12.1 Å². The van der Waals surface area contributed by atoms with Gasteiger partial charge in [0.15, 0.2) is 0 Å². The highest BCUT2D eigenvalue weighted by atomic mass is 15.0. The van der Waals surface area contributed by atoms with Crippen LogP contribution in [0.15, 0.2) is 36.4 Å². The normalized spacial score (nSPS) is 10.3. The van der Waals surface area contributed by atoms with Crippen LogP contribution in [0.2, 0.25) is 0 Å². The van der Waals surface area contributed by atoms with E-state index in [0.717, 1.165) is 42.3 Å². The topological polar surface area (TPSA) is 37.8 Å². The van der Waals surface area contributed by atoms with Crippen molar-refractivity contribution in [3.05, 3.63) is 53.5 Å². The molecule has 0 spiro atoms. The molecule has 2 aromatic rings. The third kappa shape index (κ3) is 3.84. The van der Waals surface area contributed by atoms with E-state index in [1.807, 2.05) is 38.1 Å².